The van der Waals surface area contributed by atoms with Crippen LogP contribution in [0.1, 0.15) is 18.1 Å². The Morgan fingerprint density at radius 2 is 1.60 bits per heavy atom. The van der Waals surface area contributed by atoms with E-state index in [2.05, 4.69) is 5.32 Å². The Morgan fingerprint density at radius 1 is 0.933 bits per heavy atom. The molecule has 0 aliphatic rings. The second-order valence-corrected chi connectivity index (χ2v) is 6.69. The van der Waals surface area contributed by atoms with Gasteiger partial charge in [0.15, 0.2) is 12.7 Å². The van der Waals surface area contributed by atoms with Crippen LogP contribution in [0.3, 0.4) is 0 Å². The maximum atomic E-state index is 12.9. The molecule has 0 aromatic heterocycles. The van der Waals surface area contributed by atoms with Crippen LogP contribution in [0, 0.1) is 5.82 Å². The highest BCUT2D eigenvalue weighted by molar-refractivity contribution is 5.95. The van der Waals surface area contributed by atoms with E-state index < -0.39 is 23.8 Å². The molecule has 1 N–H and O–H groups in total. The molecular formula is C24H22FNO4. The fourth-order valence-electron chi connectivity index (χ4n) is 2.80. The third-order valence-corrected chi connectivity index (χ3v) is 4.34. The molecule has 0 bridgehead atoms. The van der Waals surface area contributed by atoms with E-state index in [0.29, 0.717) is 17.9 Å². The van der Waals surface area contributed by atoms with Gasteiger partial charge in [-0.3, -0.25) is 4.79 Å². The smallest absolute Gasteiger partial charge is 0.344 e. The van der Waals surface area contributed by atoms with Crippen molar-refractivity contribution in [2.75, 3.05) is 11.9 Å². The Kier molecular flexibility index (Phi) is 7.16. The molecule has 3 rings (SSSR count). The van der Waals surface area contributed by atoms with E-state index in [4.69, 9.17) is 9.47 Å². The zero-order valence-corrected chi connectivity index (χ0v) is 16.5. The number of hydrogen-bond donors (Lipinski definition) is 1. The number of hydrogen-bond acceptors (Lipinski definition) is 4. The molecule has 0 spiro atoms. The summed E-state index contributed by atoms with van der Waals surface area (Å²) < 4.78 is 23.7. The second-order valence-electron chi connectivity index (χ2n) is 6.69. The Hall–Kier alpha value is -3.67. The summed E-state index contributed by atoms with van der Waals surface area (Å²) in [7, 11) is 0. The number of nitrogens with one attached hydrogen (secondary N) is 1. The molecule has 1 amide bonds. The molecular weight excluding hydrogens is 385 g/mol. The van der Waals surface area contributed by atoms with Crippen molar-refractivity contribution in [1.82, 2.24) is 0 Å². The first-order valence-electron chi connectivity index (χ1n) is 9.52. The SMILES string of the molecule is C[C@@H](OC(=O)COc1ccccc1Cc1ccccc1)C(=O)Nc1ccc(F)cc1. The highest BCUT2D eigenvalue weighted by atomic mass is 19.1. The number of esters is 1. The van der Waals surface area contributed by atoms with Gasteiger partial charge in [0.05, 0.1) is 0 Å². The molecule has 0 unspecified atom stereocenters. The first kappa shape index (κ1) is 21.0. The quantitative estimate of drug-likeness (QED) is 0.564. The minimum absolute atomic E-state index is 0.319. The molecule has 30 heavy (non-hydrogen) atoms. The average molecular weight is 407 g/mol. The van der Waals surface area contributed by atoms with Crippen LogP contribution in [0.15, 0.2) is 78.9 Å². The predicted octanol–water partition coefficient (Wildman–Crippen LogP) is 4.37. The number of rotatable bonds is 8. The molecule has 0 radical (unpaired) electrons. The molecule has 1 atom stereocenters. The van der Waals surface area contributed by atoms with Crippen LogP contribution in [0.25, 0.3) is 0 Å². The van der Waals surface area contributed by atoms with Gasteiger partial charge in [0.1, 0.15) is 11.6 Å². The topological polar surface area (TPSA) is 64.6 Å². The highest BCUT2D eigenvalue weighted by Crippen LogP contribution is 2.21. The lowest BCUT2D eigenvalue weighted by Crippen LogP contribution is -2.31. The van der Waals surface area contributed by atoms with Gasteiger partial charge in [0, 0.05) is 12.1 Å². The van der Waals surface area contributed by atoms with Crippen molar-refractivity contribution in [3.63, 3.8) is 0 Å². The predicted molar refractivity (Wildman–Crippen MR) is 112 cm³/mol. The van der Waals surface area contributed by atoms with Crippen LogP contribution in [-0.2, 0) is 20.7 Å². The van der Waals surface area contributed by atoms with E-state index in [1.165, 1.54) is 31.2 Å². The lowest BCUT2D eigenvalue weighted by atomic mass is 10.0. The Balaban J connectivity index is 1.52. The van der Waals surface area contributed by atoms with Crippen molar-refractivity contribution in [1.29, 1.82) is 0 Å². The number of ether oxygens (including phenoxy) is 2. The summed E-state index contributed by atoms with van der Waals surface area (Å²) in [6.07, 6.45) is -0.353. The van der Waals surface area contributed by atoms with Gasteiger partial charge in [-0.25, -0.2) is 9.18 Å². The molecule has 0 aliphatic heterocycles. The standard InChI is InChI=1S/C24H22FNO4/c1-17(24(28)26-21-13-11-20(25)12-14-21)30-23(27)16-29-22-10-6-5-9-19(22)15-18-7-3-2-4-8-18/h2-14,17H,15-16H2,1H3,(H,26,28)/t17-/m1/s1. The molecule has 0 aliphatic carbocycles. The third-order valence-electron chi connectivity index (χ3n) is 4.34. The van der Waals surface area contributed by atoms with Gasteiger partial charge in [-0.1, -0.05) is 48.5 Å². The van der Waals surface area contributed by atoms with E-state index in [0.717, 1.165) is 11.1 Å². The number of amides is 1. The number of para-hydroxylation sites is 1. The summed E-state index contributed by atoms with van der Waals surface area (Å²) in [5, 5.41) is 2.56. The van der Waals surface area contributed by atoms with Crippen molar-refractivity contribution < 1.29 is 23.5 Å². The second kappa shape index (κ2) is 10.2. The van der Waals surface area contributed by atoms with Crippen LogP contribution in [0.2, 0.25) is 0 Å². The van der Waals surface area contributed by atoms with E-state index >= 15 is 0 Å². The molecule has 5 nitrogen and oxygen atoms in total. The van der Waals surface area contributed by atoms with Gasteiger partial charge in [-0.15, -0.1) is 0 Å². The monoisotopic (exact) mass is 407 g/mol. The van der Waals surface area contributed by atoms with Crippen molar-refractivity contribution >= 4 is 17.6 Å². The van der Waals surface area contributed by atoms with Crippen LogP contribution in [0.5, 0.6) is 5.75 Å². The normalized spacial score (nSPS) is 11.4. The van der Waals surface area contributed by atoms with Crippen molar-refractivity contribution in [3.8, 4) is 5.75 Å². The maximum Gasteiger partial charge on any atom is 0.344 e. The summed E-state index contributed by atoms with van der Waals surface area (Å²) in [5.41, 5.74) is 2.48. The van der Waals surface area contributed by atoms with E-state index in [1.807, 2.05) is 48.5 Å². The summed E-state index contributed by atoms with van der Waals surface area (Å²) in [6, 6.07) is 22.7. The molecule has 154 valence electrons. The van der Waals surface area contributed by atoms with E-state index in [-0.39, 0.29) is 6.61 Å². The van der Waals surface area contributed by atoms with Crippen molar-refractivity contribution in [2.45, 2.75) is 19.4 Å². The van der Waals surface area contributed by atoms with Crippen molar-refractivity contribution in [3.05, 3.63) is 95.8 Å². The van der Waals surface area contributed by atoms with Gasteiger partial charge >= 0.3 is 5.97 Å². The zero-order chi connectivity index (χ0) is 21.3. The average Bonchev–Trinajstić information content (AvgIpc) is 2.75. The summed E-state index contributed by atoms with van der Waals surface area (Å²) in [4.78, 5) is 24.3. The van der Waals surface area contributed by atoms with E-state index in [1.54, 1.807) is 6.07 Å². The van der Waals surface area contributed by atoms with Crippen molar-refractivity contribution in [2.24, 2.45) is 0 Å². The number of halogens is 1. The molecule has 0 heterocycles. The number of carbonyl (C=O) groups excluding carboxylic acids is 2. The Morgan fingerprint density at radius 3 is 2.33 bits per heavy atom. The lowest BCUT2D eigenvalue weighted by Gasteiger charge is -2.15. The fraction of sp³-hybridized carbons (Fsp3) is 0.167. The Labute approximate surface area is 174 Å². The minimum atomic E-state index is -1.02. The molecule has 3 aromatic rings. The molecule has 6 heteroatoms. The van der Waals surface area contributed by atoms with Gasteiger partial charge in [-0.05, 0) is 48.4 Å². The first-order chi connectivity index (χ1) is 14.5. The van der Waals surface area contributed by atoms with Gasteiger partial charge in [0.2, 0.25) is 0 Å². The zero-order valence-electron chi connectivity index (χ0n) is 16.5. The number of anilines is 1. The van der Waals surface area contributed by atoms with Crippen LogP contribution >= 0.6 is 0 Å². The van der Waals surface area contributed by atoms with E-state index in [9.17, 15) is 14.0 Å². The van der Waals surface area contributed by atoms with Gasteiger partial charge in [-0.2, -0.15) is 0 Å². The van der Waals surface area contributed by atoms with Crippen LogP contribution in [0.4, 0.5) is 10.1 Å². The molecule has 0 fully saturated rings. The summed E-state index contributed by atoms with van der Waals surface area (Å²) in [6.45, 7) is 1.14. The molecule has 0 saturated carbocycles. The highest BCUT2D eigenvalue weighted by Gasteiger charge is 2.18. The molecule has 3 aromatic carbocycles. The van der Waals surface area contributed by atoms with Crippen LogP contribution < -0.4 is 10.1 Å². The van der Waals surface area contributed by atoms with Gasteiger partial charge < -0.3 is 14.8 Å². The van der Waals surface area contributed by atoms with Gasteiger partial charge in [0.25, 0.3) is 5.91 Å². The number of benzene rings is 3. The third kappa shape index (κ3) is 6.17. The largest absolute Gasteiger partial charge is 0.482 e. The lowest BCUT2D eigenvalue weighted by molar-refractivity contribution is -0.155. The number of carbonyl (C=O) groups is 2. The fourth-order valence-corrected chi connectivity index (χ4v) is 2.80. The molecule has 0 saturated heterocycles. The summed E-state index contributed by atoms with van der Waals surface area (Å²) in [5.74, 6) is -0.996. The first-order valence-corrected chi connectivity index (χ1v) is 9.52. The minimum Gasteiger partial charge on any atom is -0.482 e. The van der Waals surface area contributed by atoms with Crippen LogP contribution in [-0.4, -0.2) is 24.6 Å². The maximum absolute atomic E-state index is 12.9. The summed E-state index contributed by atoms with van der Waals surface area (Å²) >= 11 is 0. The Bertz CT molecular complexity index is 990.